The minimum absolute atomic E-state index is 0.148. The maximum atomic E-state index is 10.4. The molecule has 4 nitrogen and oxygen atoms in total. The number of phenolic OH excluding ortho intramolecular Hbond substituents is 4. The minimum atomic E-state index is -0.211. The number of aryl methyl sites for hydroxylation is 4. The van der Waals surface area contributed by atoms with Crippen LogP contribution in [-0.2, 0) is 10.8 Å². The Hall–Kier alpha value is -3.92. The van der Waals surface area contributed by atoms with Gasteiger partial charge < -0.3 is 20.4 Å². The molecule has 4 aromatic rings. The van der Waals surface area contributed by atoms with Gasteiger partial charge in [-0.05, 0) is 153 Å². The summed E-state index contributed by atoms with van der Waals surface area (Å²) in [6, 6.07) is 24.4. The van der Waals surface area contributed by atoms with Gasteiger partial charge in [0.2, 0.25) is 0 Å². The van der Waals surface area contributed by atoms with Crippen LogP contribution in [0.3, 0.4) is 0 Å². The molecule has 0 aromatic heterocycles. The summed E-state index contributed by atoms with van der Waals surface area (Å²) in [6.07, 6.45) is 9.47. The number of phenols is 4. The molecule has 1 aliphatic rings. The van der Waals surface area contributed by atoms with Gasteiger partial charge in [0.1, 0.15) is 23.0 Å². The molecular weight excluding hydrogens is 592 g/mol. The van der Waals surface area contributed by atoms with E-state index in [1.807, 2.05) is 52.0 Å². The lowest BCUT2D eigenvalue weighted by atomic mass is 9.58. The Labute approximate surface area is 288 Å². The molecule has 1 fully saturated rings. The van der Waals surface area contributed by atoms with E-state index in [1.165, 1.54) is 22.3 Å². The van der Waals surface area contributed by atoms with E-state index in [2.05, 4.69) is 69.3 Å². The molecule has 1 aliphatic carbocycles. The van der Waals surface area contributed by atoms with Crippen LogP contribution in [0, 0.1) is 39.0 Å². The van der Waals surface area contributed by atoms with E-state index in [0.29, 0.717) is 28.9 Å². The van der Waals surface area contributed by atoms with Crippen molar-refractivity contribution in [1.29, 1.82) is 0 Å². The molecule has 0 heterocycles. The quantitative estimate of drug-likeness (QED) is 0.130. The number of benzene rings is 4. The zero-order valence-corrected chi connectivity index (χ0v) is 30.2. The lowest BCUT2D eigenvalue weighted by molar-refractivity contribution is 0.115. The van der Waals surface area contributed by atoms with Gasteiger partial charge in [-0.15, -0.1) is 0 Å². The maximum absolute atomic E-state index is 10.4. The van der Waals surface area contributed by atoms with Crippen LogP contribution < -0.4 is 0 Å². The molecule has 0 unspecified atom stereocenters. The molecule has 5 rings (SSSR count). The average molecular weight is 649 g/mol. The van der Waals surface area contributed by atoms with Crippen LogP contribution in [0.4, 0.5) is 0 Å². The summed E-state index contributed by atoms with van der Waals surface area (Å²) in [5.41, 5.74) is 8.32. The van der Waals surface area contributed by atoms with Gasteiger partial charge in [0.15, 0.2) is 0 Å². The number of hydrogen-bond donors (Lipinski definition) is 4. The predicted molar refractivity (Wildman–Crippen MR) is 197 cm³/mol. The standard InChI is InChI=1S/C44H56O4/c1-8-20-43(34-10-14-38(45)29(2)25-34,35-11-15-39(46)30(3)26-35)22-9-21-42(6,7)33-18-23-44(24-19-33,36-12-16-40(47)31(4)27-36)37-13-17-41(48)32(5)28-37/h10-17,25-28,33,45-48H,8-9,18-24H2,1-7H3. The van der Waals surface area contributed by atoms with Crippen molar-refractivity contribution in [2.75, 3.05) is 0 Å². The Morgan fingerprint density at radius 2 is 1.00 bits per heavy atom. The van der Waals surface area contributed by atoms with Crippen molar-refractivity contribution in [3.63, 3.8) is 0 Å². The zero-order valence-electron chi connectivity index (χ0n) is 30.2. The largest absolute Gasteiger partial charge is 0.508 e. The molecule has 0 atom stereocenters. The van der Waals surface area contributed by atoms with Crippen LogP contribution in [0.25, 0.3) is 0 Å². The van der Waals surface area contributed by atoms with E-state index in [4.69, 9.17) is 0 Å². The van der Waals surface area contributed by atoms with Gasteiger partial charge in [-0.2, -0.15) is 0 Å². The second-order valence-electron chi connectivity index (χ2n) is 15.5. The first-order valence-electron chi connectivity index (χ1n) is 17.9. The van der Waals surface area contributed by atoms with Crippen molar-refractivity contribution < 1.29 is 20.4 Å². The highest BCUT2D eigenvalue weighted by molar-refractivity contribution is 5.49. The molecular formula is C44H56O4. The van der Waals surface area contributed by atoms with E-state index < -0.39 is 0 Å². The third-order valence-corrected chi connectivity index (χ3v) is 12.0. The van der Waals surface area contributed by atoms with Crippen LogP contribution >= 0.6 is 0 Å². The Balaban J connectivity index is 1.40. The van der Waals surface area contributed by atoms with Crippen molar-refractivity contribution in [1.82, 2.24) is 0 Å². The fourth-order valence-electron chi connectivity index (χ4n) is 8.79. The molecule has 0 radical (unpaired) electrons. The van der Waals surface area contributed by atoms with Gasteiger partial charge in [0.25, 0.3) is 0 Å². The fraction of sp³-hybridized carbons (Fsp3) is 0.455. The highest BCUT2D eigenvalue weighted by atomic mass is 16.3. The van der Waals surface area contributed by atoms with Gasteiger partial charge in [-0.1, -0.05) is 82.1 Å². The van der Waals surface area contributed by atoms with Crippen molar-refractivity contribution in [2.45, 2.75) is 117 Å². The van der Waals surface area contributed by atoms with E-state index in [-0.39, 0.29) is 16.2 Å². The summed E-state index contributed by atoms with van der Waals surface area (Å²) in [7, 11) is 0. The average Bonchev–Trinajstić information content (AvgIpc) is 3.05. The Bertz CT molecular complexity index is 1640. The van der Waals surface area contributed by atoms with Crippen LogP contribution in [0.1, 0.15) is 123 Å². The zero-order chi connectivity index (χ0) is 34.9. The van der Waals surface area contributed by atoms with Gasteiger partial charge in [-0.3, -0.25) is 0 Å². The van der Waals surface area contributed by atoms with Crippen molar-refractivity contribution in [3.8, 4) is 23.0 Å². The second-order valence-corrected chi connectivity index (χ2v) is 15.5. The molecule has 0 aliphatic heterocycles. The molecule has 0 saturated heterocycles. The second kappa shape index (κ2) is 13.9. The molecule has 0 amide bonds. The van der Waals surface area contributed by atoms with Gasteiger partial charge in [0, 0.05) is 10.8 Å². The molecule has 1 saturated carbocycles. The SMILES string of the molecule is CCCC(CCCC(C)(C)C1CCC(c2ccc(O)c(C)c2)(c2ccc(O)c(C)c2)CC1)(c1ccc(O)c(C)c1)c1ccc(O)c(C)c1. The van der Waals surface area contributed by atoms with Crippen LogP contribution in [0.2, 0.25) is 0 Å². The Kier molecular flexibility index (Phi) is 10.2. The number of aromatic hydroxyl groups is 4. The number of hydrogen-bond acceptors (Lipinski definition) is 4. The van der Waals surface area contributed by atoms with E-state index in [9.17, 15) is 20.4 Å². The topological polar surface area (TPSA) is 80.9 Å². The summed E-state index contributed by atoms with van der Waals surface area (Å²) < 4.78 is 0. The molecule has 256 valence electrons. The summed E-state index contributed by atoms with van der Waals surface area (Å²) >= 11 is 0. The van der Waals surface area contributed by atoms with Gasteiger partial charge in [-0.25, -0.2) is 0 Å². The smallest absolute Gasteiger partial charge is 0.118 e. The van der Waals surface area contributed by atoms with Gasteiger partial charge >= 0.3 is 0 Å². The first-order chi connectivity index (χ1) is 22.7. The first-order valence-corrected chi connectivity index (χ1v) is 17.9. The lowest BCUT2D eigenvalue weighted by Crippen LogP contribution is -2.38. The summed E-state index contributed by atoms with van der Waals surface area (Å²) in [6.45, 7) is 15.1. The summed E-state index contributed by atoms with van der Waals surface area (Å²) in [4.78, 5) is 0. The highest BCUT2D eigenvalue weighted by Gasteiger charge is 2.43. The van der Waals surface area contributed by atoms with Crippen LogP contribution in [-0.4, -0.2) is 20.4 Å². The highest BCUT2D eigenvalue weighted by Crippen LogP contribution is 2.53. The van der Waals surface area contributed by atoms with E-state index in [1.54, 1.807) is 0 Å². The number of rotatable bonds is 11. The first kappa shape index (κ1) is 35.4. The maximum Gasteiger partial charge on any atom is 0.118 e. The van der Waals surface area contributed by atoms with Crippen molar-refractivity contribution in [3.05, 3.63) is 117 Å². The van der Waals surface area contributed by atoms with Crippen LogP contribution in [0.15, 0.2) is 72.8 Å². The third-order valence-electron chi connectivity index (χ3n) is 12.0. The molecule has 4 aromatic carbocycles. The minimum Gasteiger partial charge on any atom is -0.508 e. The Morgan fingerprint density at radius 3 is 1.40 bits per heavy atom. The Morgan fingerprint density at radius 1 is 0.583 bits per heavy atom. The van der Waals surface area contributed by atoms with Crippen LogP contribution in [0.5, 0.6) is 23.0 Å². The molecule has 0 bridgehead atoms. The third kappa shape index (κ3) is 6.81. The van der Waals surface area contributed by atoms with Gasteiger partial charge in [0.05, 0.1) is 0 Å². The van der Waals surface area contributed by atoms with E-state index in [0.717, 1.165) is 80.0 Å². The normalized spacial score (nSPS) is 15.5. The molecule has 4 heteroatoms. The molecule has 48 heavy (non-hydrogen) atoms. The molecule has 4 N–H and O–H groups in total. The fourth-order valence-corrected chi connectivity index (χ4v) is 8.79. The lowest BCUT2D eigenvalue weighted by Gasteiger charge is -2.46. The monoisotopic (exact) mass is 648 g/mol. The summed E-state index contributed by atoms with van der Waals surface area (Å²) in [5, 5.41) is 41.5. The van der Waals surface area contributed by atoms with E-state index >= 15 is 0 Å². The van der Waals surface area contributed by atoms with Crippen molar-refractivity contribution in [2.24, 2.45) is 11.3 Å². The predicted octanol–water partition coefficient (Wildman–Crippen LogP) is 11.2. The summed E-state index contributed by atoms with van der Waals surface area (Å²) in [5.74, 6) is 1.88. The van der Waals surface area contributed by atoms with Crippen molar-refractivity contribution >= 4 is 0 Å². The molecule has 0 spiro atoms.